The van der Waals surface area contributed by atoms with Crippen LogP contribution >= 0.6 is 0 Å². The molecule has 0 saturated carbocycles. The molecule has 1 aromatic rings. The lowest BCUT2D eigenvalue weighted by Crippen LogP contribution is -2.23. The van der Waals surface area contributed by atoms with Gasteiger partial charge in [-0.25, -0.2) is 5.01 Å². The second kappa shape index (κ2) is 4.21. The molecule has 15 heavy (non-hydrogen) atoms. The lowest BCUT2D eigenvalue weighted by atomic mass is 10.2. The topological polar surface area (TPSA) is 45.6 Å². The molecule has 1 aromatic heterocycles. The standard InChI is InChI=1S/C11H13N3O/c1-9-8-11(15)14(13-9)7-4-10-2-5-12-6-3-10/h2-3,5-6H,4,7-8H2,1H3. The summed E-state index contributed by atoms with van der Waals surface area (Å²) in [5.41, 5.74) is 2.08. The average molecular weight is 203 g/mol. The first-order valence-electron chi connectivity index (χ1n) is 4.99. The number of hydrogen-bond donors (Lipinski definition) is 0. The molecule has 78 valence electrons. The second-order valence-electron chi connectivity index (χ2n) is 3.63. The third-order valence-corrected chi connectivity index (χ3v) is 2.35. The van der Waals surface area contributed by atoms with Gasteiger partial charge in [-0.2, -0.15) is 5.10 Å². The number of aromatic nitrogens is 1. The Labute approximate surface area is 88.6 Å². The Bertz CT molecular complexity index is 386. The summed E-state index contributed by atoms with van der Waals surface area (Å²) in [7, 11) is 0. The Balaban J connectivity index is 1.92. The lowest BCUT2D eigenvalue weighted by molar-refractivity contribution is -0.128. The van der Waals surface area contributed by atoms with Gasteiger partial charge in [-0.15, -0.1) is 0 Å². The number of rotatable bonds is 3. The quantitative estimate of drug-likeness (QED) is 0.741. The average Bonchev–Trinajstić information content (AvgIpc) is 2.56. The molecule has 1 aliphatic heterocycles. The van der Waals surface area contributed by atoms with Gasteiger partial charge in [0.25, 0.3) is 0 Å². The predicted octanol–water partition coefficient (Wildman–Crippen LogP) is 1.23. The number of hydrogen-bond acceptors (Lipinski definition) is 3. The van der Waals surface area contributed by atoms with Gasteiger partial charge >= 0.3 is 0 Å². The van der Waals surface area contributed by atoms with E-state index in [0.717, 1.165) is 12.1 Å². The number of pyridine rings is 1. The summed E-state index contributed by atoms with van der Waals surface area (Å²) < 4.78 is 0. The van der Waals surface area contributed by atoms with E-state index in [1.807, 2.05) is 19.1 Å². The van der Waals surface area contributed by atoms with Crippen LogP contribution in [0.4, 0.5) is 0 Å². The van der Waals surface area contributed by atoms with E-state index in [9.17, 15) is 4.79 Å². The molecule has 0 aromatic carbocycles. The van der Waals surface area contributed by atoms with Crippen molar-refractivity contribution in [3.8, 4) is 0 Å². The SMILES string of the molecule is CC1=NN(CCc2ccncc2)C(=O)C1. The zero-order chi connectivity index (χ0) is 10.7. The van der Waals surface area contributed by atoms with Crippen LogP contribution in [-0.4, -0.2) is 28.2 Å². The summed E-state index contributed by atoms with van der Waals surface area (Å²) in [5, 5.41) is 5.72. The van der Waals surface area contributed by atoms with Crippen LogP contribution in [0.25, 0.3) is 0 Å². The van der Waals surface area contributed by atoms with Gasteiger partial charge in [-0.1, -0.05) is 0 Å². The van der Waals surface area contributed by atoms with Gasteiger partial charge in [0, 0.05) is 24.7 Å². The molecule has 0 spiro atoms. The molecule has 4 nitrogen and oxygen atoms in total. The molecule has 1 amide bonds. The van der Waals surface area contributed by atoms with Crippen LogP contribution in [0.15, 0.2) is 29.6 Å². The molecule has 0 bridgehead atoms. The van der Waals surface area contributed by atoms with Crippen molar-refractivity contribution in [2.75, 3.05) is 6.54 Å². The van der Waals surface area contributed by atoms with Crippen LogP contribution in [0.1, 0.15) is 18.9 Å². The Hall–Kier alpha value is -1.71. The third kappa shape index (κ3) is 2.40. The summed E-state index contributed by atoms with van der Waals surface area (Å²) in [6, 6.07) is 3.91. The highest BCUT2D eigenvalue weighted by Crippen LogP contribution is 2.09. The third-order valence-electron chi connectivity index (χ3n) is 2.35. The number of nitrogens with zero attached hydrogens (tertiary/aromatic N) is 3. The second-order valence-corrected chi connectivity index (χ2v) is 3.63. The van der Waals surface area contributed by atoms with Crippen molar-refractivity contribution in [1.29, 1.82) is 0 Å². The smallest absolute Gasteiger partial charge is 0.248 e. The molecular weight excluding hydrogens is 190 g/mol. The van der Waals surface area contributed by atoms with Crippen LogP contribution in [0.2, 0.25) is 0 Å². The molecular formula is C11H13N3O. The number of carbonyl (C=O) groups is 1. The van der Waals surface area contributed by atoms with Crippen molar-refractivity contribution in [3.63, 3.8) is 0 Å². The van der Waals surface area contributed by atoms with Gasteiger partial charge in [-0.05, 0) is 31.0 Å². The fraction of sp³-hybridized carbons (Fsp3) is 0.364. The molecule has 0 atom stereocenters. The van der Waals surface area contributed by atoms with E-state index < -0.39 is 0 Å². The first-order valence-corrected chi connectivity index (χ1v) is 4.99. The van der Waals surface area contributed by atoms with Gasteiger partial charge in [0.15, 0.2) is 0 Å². The maximum atomic E-state index is 11.4. The maximum absolute atomic E-state index is 11.4. The molecule has 0 saturated heterocycles. The fourth-order valence-corrected chi connectivity index (χ4v) is 1.57. The highest BCUT2D eigenvalue weighted by molar-refractivity contribution is 6.03. The van der Waals surface area contributed by atoms with Crippen LogP contribution in [0.5, 0.6) is 0 Å². The van der Waals surface area contributed by atoms with Crippen LogP contribution in [0, 0.1) is 0 Å². The van der Waals surface area contributed by atoms with E-state index in [-0.39, 0.29) is 5.91 Å². The first-order chi connectivity index (χ1) is 7.25. The molecule has 2 heterocycles. The van der Waals surface area contributed by atoms with Crippen molar-refractivity contribution in [1.82, 2.24) is 9.99 Å². The highest BCUT2D eigenvalue weighted by atomic mass is 16.2. The van der Waals surface area contributed by atoms with Crippen LogP contribution in [0.3, 0.4) is 0 Å². The minimum Gasteiger partial charge on any atom is -0.273 e. The minimum atomic E-state index is 0.0987. The van der Waals surface area contributed by atoms with Crippen molar-refractivity contribution in [3.05, 3.63) is 30.1 Å². The van der Waals surface area contributed by atoms with Gasteiger partial charge in [0.2, 0.25) is 5.91 Å². The minimum absolute atomic E-state index is 0.0987. The lowest BCUT2D eigenvalue weighted by Gasteiger charge is -2.10. The summed E-state index contributed by atoms with van der Waals surface area (Å²) in [5.74, 6) is 0.0987. The summed E-state index contributed by atoms with van der Waals surface area (Å²) in [6.45, 7) is 2.53. The normalized spacial score (nSPS) is 15.7. The fourth-order valence-electron chi connectivity index (χ4n) is 1.57. The summed E-state index contributed by atoms with van der Waals surface area (Å²) in [4.78, 5) is 15.3. The molecule has 2 rings (SSSR count). The van der Waals surface area contributed by atoms with Crippen molar-refractivity contribution in [2.45, 2.75) is 19.8 Å². The first kappa shape index (κ1) is 9.83. The Morgan fingerprint density at radius 2 is 2.13 bits per heavy atom. The van der Waals surface area contributed by atoms with Gasteiger partial charge in [0.1, 0.15) is 0 Å². The van der Waals surface area contributed by atoms with E-state index in [1.54, 1.807) is 17.4 Å². The van der Waals surface area contributed by atoms with Gasteiger partial charge < -0.3 is 0 Å². The Morgan fingerprint density at radius 3 is 2.73 bits per heavy atom. The maximum Gasteiger partial charge on any atom is 0.248 e. The highest BCUT2D eigenvalue weighted by Gasteiger charge is 2.20. The van der Waals surface area contributed by atoms with E-state index in [0.29, 0.717) is 13.0 Å². The predicted molar refractivity (Wildman–Crippen MR) is 57.4 cm³/mol. The monoisotopic (exact) mass is 203 g/mol. The molecule has 0 unspecified atom stereocenters. The molecule has 0 fully saturated rings. The molecule has 0 N–H and O–H groups in total. The van der Waals surface area contributed by atoms with E-state index in [4.69, 9.17) is 0 Å². The largest absolute Gasteiger partial charge is 0.273 e. The number of hydrazone groups is 1. The van der Waals surface area contributed by atoms with E-state index >= 15 is 0 Å². The number of amides is 1. The van der Waals surface area contributed by atoms with E-state index in [2.05, 4.69) is 10.1 Å². The molecule has 1 aliphatic rings. The Morgan fingerprint density at radius 1 is 1.40 bits per heavy atom. The number of carbonyl (C=O) groups excluding carboxylic acids is 1. The van der Waals surface area contributed by atoms with Crippen LogP contribution < -0.4 is 0 Å². The van der Waals surface area contributed by atoms with E-state index in [1.165, 1.54) is 5.56 Å². The van der Waals surface area contributed by atoms with Crippen LogP contribution in [-0.2, 0) is 11.2 Å². The van der Waals surface area contributed by atoms with Gasteiger partial charge in [-0.3, -0.25) is 9.78 Å². The van der Waals surface area contributed by atoms with Crippen molar-refractivity contribution >= 4 is 11.6 Å². The molecule has 0 aliphatic carbocycles. The Kier molecular flexibility index (Phi) is 2.76. The van der Waals surface area contributed by atoms with Crippen molar-refractivity contribution in [2.24, 2.45) is 5.10 Å². The van der Waals surface area contributed by atoms with Crippen molar-refractivity contribution < 1.29 is 4.79 Å². The zero-order valence-corrected chi connectivity index (χ0v) is 8.68. The summed E-state index contributed by atoms with van der Waals surface area (Å²) >= 11 is 0. The molecule has 4 heteroatoms. The zero-order valence-electron chi connectivity index (χ0n) is 8.68. The van der Waals surface area contributed by atoms with Gasteiger partial charge in [0.05, 0.1) is 6.42 Å². The summed E-state index contributed by atoms with van der Waals surface area (Å²) in [6.07, 6.45) is 4.81. The molecule has 0 radical (unpaired) electrons.